The zero-order valence-electron chi connectivity index (χ0n) is 16.8. The Morgan fingerprint density at radius 3 is 2.39 bits per heavy atom. The summed E-state index contributed by atoms with van der Waals surface area (Å²) in [6.45, 7) is 3.63. The van der Waals surface area contributed by atoms with Crippen LogP contribution in [-0.4, -0.2) is 36.8 Å². The smallest absolute Gasteiger partial charge is 0.223 e. The van der Waals surface area contributed by atoms with Crippen molar-refractivity contribution in [2.75, 3.05) is 20.2 Å². The summed E-state index contributed by atoms with van der Waals surface area (Å²) in [6.07, 6.45) is 4.98. The number of hydrogen-bond acceptors (Lipinski definition) is 4. The Morgan fingerprint density at radius 2 is 1.79 bits per heavy atom. The number of nitrogens with zero attached hydrogens (tertiary/aromatic N) is 1. The molecular formula is C23H29NO3S. The van der Waals surface area contributed by atoms with Gasteiger partial charge in [0.25, 0.3) is 0 Å². The standard InChI is InChI=1S/C23H29NO3S/c1-17-3-11-22(28-17)21(25)10-12-23(26)24-15-13-19(14-16-24)5-4-18-6-8-20(27-2)9-7-18/h3,6-9,11,19H,4-5,10,12-16H2,1-2H3. The Hall–Kier alpha value is -2.14. The fourth-order valence-corrected chi connectivity index (χ4v) is 4.56. The molecule has 2 aromatic rings. The number of methoxy groups -OCH3 is 1. The molecule has 3 rings (SSSR count). The van der Waals surface area contributed by atoms with Gasteiger partial charge in [-0.05, 0) is 68.4 Å². The van der Waals surface area contributed by atoms with Gasteiger partial charge < -0.3 is 9.64 Å². The third-order valence-corrected chi connectivity index (χ3v) is 6.59. The number of ether oxygens (including phenoxy) is 1. The van der Waals surface area contributed by atoms with Crippen LogP contribution in [0.3, 0.4) is 0 Å². The molecule has 1 saturated heterocycles. The van der Waals surface area contributed by atoms with Gasteiger partial charge >= 0.3 is 0 Å². The van der Waals surface area contributed by atoms with E-state index in [2.05, 4.69) is 12.1 Å². The highest BCUT2D eigenvalue weighted by Crippen LogP contribution is 2.24. The van der Waals surface area contributed by atoms with E-state index in [0.29, 0.717) is 18.8 Å². The SMILES string of the molecule is COc1ccc(CCC2CCN(C(=O)CCC(=O)c3ccc(C)s3)CC2)cc1. The van der Waals surface area contributed by atoms with Gasteiger partial charge in [-0.15, -0.1) is 11.3 Å². The maximum absolute atomic E-state index is 12.5. The van der Waals surface area contributed by atoms with E-state index < -0.39 is 0 Å². The van der Waals surface area contributed by atoms with Gasteiger partial charge in [-0.3, -0.25) is 9.59 Å². The van der Waals surface area contributed by atoms with E-state index in [1.807, 2.05) is 36.1 Å². The average Bonchev–Trinajstić information content (AvgIpc) is 3.17. The van der Waals surface area contributed by atoms with Crippen LogP contribution in [0.2, 0.25) is 0 Å². The highest BCUT2D eigenvalue weighted by Gasteiger charge is 2.23. The molecule has 0 atom stereocenters. The molecule has 0 unspecified atom stereocenters. The second kappa shape index (κ2) is 9.87. The molecule has 0 spiro atoms. The zero-order valence-corrected chi connectivity index (χ0v) is 17.6. The van der Waals surface area contributed by atoms with Gasteiger partial charge in [0.05, 0.1) is 12.0 Å². The number of Topliss-reactive ketones (excluding diaryl/α,β-unsaturated/α-hetero) is 1. The first kappa shape index (κ1) is 20.6. The highest BCUT2D eigenvalue weighted by molar-refractivity contribution is 7.14. The molecule has 0 saturated carbocycles. The maximum atomic E-state index is 12.5. The molecule has 150 valence electrons. The molecule has 1 aliphatic rings. The van der Waals surface area contributed by atoms with E-state index in [1.54, 1.807) is 7.11 Å². The summed E-state index contributed by atoms with van der Waals surface area (Å²) in [5.74, 6) is 1.77. The third-order valence-electron chi connectivity index (χ3n) is 5.55. The Kier molecular flexibility index (Phi) is 7.26. The summed E-state index contributed by atoms with van der Waals surface area (Å²) < 4.78 is 5.20. The van der Waals surface area contributed by atoms with Crippen LogP contribution in [0.5, 0.6) is 5.75 Å². The third kappa shape index (κ3) is 5.68. The van der Waals surface area contributed by atoms with E-state index in [4.69, 9.17) is 4.74 Å². The molecule has 0 bridgehead atoms. The quantitative estimate of drug-likeness (QED) is 0.593. The lowest BCUT2D eigenvalue weighted by Crippen LogP contribution is -2.38. The summed E-state index contributed by atoms with van der Waals surface area (Å²) >= 11 is 1.51. The summed E-state index contributed by atoms with van der Waals surface area (Å²) in [5.41, 5.74) is 1.33. The number of likely N-dealkylation sites (tertiary alicyclic amines) is 1. The molecule has 1 aliphatic heterocycles. The van der Waals surface area contributed by atoms with Crippen molar-refractivity contribution in [2.24, 2.45) is 5.92 Å². The number of hydrogen-bond donors (Lipinski definition) is 0. The van der Waals surface area contributed by atoms with E-state index in [-0.39, 0.29) is 11.7 Å². The lowest BCUT2D eigenvalue weighted by molar-refractivity contribution is -0.132. The van der Waals surface area contributed by atoms with Gasteiger partial charge in [0, 0.05) is 30.8 Å². The Balaban J connectivity index is 1.37. The number of ketones is 1. The minimum absolute atomic E-state index is 0.0841. The van der Waals surface area contributed by atoms with Crippen molar-refractivity contribution in [3.8, 4) is 5.75 Å². The van der Waals surface area contributed by atoms with Crippen molar-refractivity contribution in [3.63, 3.8) is 0 Å². The number of carbonyl (C=O) groups excluding carboxylic acids is 2. The van der Waals surface area contributed by atoms with Crippen molar-refractivity contribution >= 4 is 23.0 Å². The minimum Gasteiger partial charge on any atom is -0.497 e. The summed E-state index contributed by atoms with van der Waals surface area (Å²) in [4.78, 5) is 28.5. The van der Waals surface area contributed by atoms with Crippen molar-refractivity contribution in [3.05, 3.63) is 51.7 Å². The number of carbonyl (C=O) groups is 2. The van der Waals surface area contributed by atoms with Gasteiger partial charge in [0.1, 0.15) is 5.75 Å². The molecule has 1 aromatic carbocycles. The number of benzene rings is 1. The predicted octanol–water partition coefficient (Wildman–Crippen LogP) is 4.90. The number of piperidine rings is 1. The predicted molar refractivity (Wildman–Crippen MR) is 113 cm³/mol. The summed E-state index contributed by atoms with van der Waals surface area (Å²) in [5, 5.41) is 0. The van der Waals surface area contributed by atoms with Crippen LogP contribution < -0.4 is 4.74 Å². The fraction of sp³-hybridized carbons (Fsp3) is 0.478. The molecule has 28 heavy (non-hydrogen) atoms. The first-order valence-electron chi connectivity index (χ1n) is 10.1. The first-order chi connectivity index (χ1) is 13.5. The molecule has 2 heterocycles. The molecule has 0 aliphatic carbocycles. The Bertz CT molecular complexity index is 788. The molecular weight excluding hydrogens is 370 g/mol. The topological polar surface area (TPSA) is 46.6 Å². The van der Waals surface area contributed by atoms with Gasteiger partial charge in [0.15, 0.2) is 5.78 Å². The molecule has 4 nitrogen and oxygen atoms in total. The number of amides is 1. The molecule has 1 fully saturated rings. The first-order valence-corrected chi connectivity index (χ1v) is 10.9. The van der Waals surface area contributed by atoms with Gasteiger partial charge in [-0.2, -0.15) is 0 Å². The molecule has 0 radical (unpaired) electrons. The van der Waals surface area contributed by atoms with Crippen LogP contribution in [0.1, 0.15) is 52.2 Å². The molecule has 1 aromatic heterocycles. The number of thiophene rings is 1. The second-order valence-electron chi connectivity index (χ2n) is 7.54. The lowest BCUT2D eigenvalue weighted by atomic mass is 9.90. The van der Waals surface area contributed by atoms with E-state index >= 15 is 0 Å². The van der Waals surface area contributed by atoms with E-state index in [9.17, 15) is 9.59 Å². The van der Waals surface area contributed by atoms with E-state index in [1.165, 1.54) is 16.9 Å². The van der Waals surface area contributed by atoms with Gasteiger partial charge in [-0.1, -0.05) is 12.1 Å². The van der Waals surface area contributed by atoms with Crippen molar-refractivity contribution < 1.29 is 14.3 Å². The van der Waals surface area contributed by atoms with Crippen LogP contribution in [0.25, 0.3) is 0 Å². The average molecular weight is 400 g/mol. The molecule has 1 amide bonds. The van der Waals surface area contributed by atoms with Gasteiger partial charge in [0.2, 0.25) is 5.91 Å². The van der Waals surface area contributed by atoms with Crippen LogP contribution >= 0.6 is 11.3 Å². The second-order valence-corrected chi connectivity index (χ2v) is 8.83. The Morgan fingerprint density at radius 1 is 1.07 bits per heavy atom. The summed E-state index contributed by atoms with van der Waals surface area (Å²) in [7, 11) is 1.68. The van der Waals surface area contributed by atoms with Crippen LogP contribution in [0.15, 0.2) is 36.4 Å². The van der Waals surface area contributed by atoms with Crippen molar-refractivity contribution in [2.45, 2.75) is 45.4 Å². The lowest BCUT2D eigenvalue weighted by Gasteiger charge is -2.32. The van der Waals surface area contributed by atoms with Crippen LogP contribution in [0, 0.1) is 12.8 Å². The fourth-order valence-electron chi connectivity index (χ4n) is 3.72. The largest absolute Gasteiger partial charge is 0.497 e. The molecule has 5 heteroatoms. The van der Waals surface area contributed by atoms with Gasteiger partial charge in [-0.25, -0.2) is 0 Å². The number of aryl methyl sites for hydroxylation is 2. The van der Waals surface area contributed by atoms with Crippen LogP contribution in [0.4, 0.5) is 0 Å². The zero-order chi connectivity index (χ0) is 19.9. The molecule has 0 N–H and O–H groups in total. The highest BCUT2D eigenvalue weighted by atomic mass is 32.1. The van der Waals surface area contributed by atoms with Crippen molar-refractivity contribution in [1.29, 1.82) is 0 Å². The summed E-state index contributed by atoms with van der Waals surface area (Å²) in [6, 6.07) is 12.1. The van der Waals surface area contributed by atoms with E-state index in [0.717, 1.165) is 54.3 Å². The monoisotopic (exact) mass is 399 g/mol. The van der Waals surface area contributed by atoms with Crippen LogP contribution in [-0.2, 0) is 11.2 Å². The minimum atomic E-state index is 0.0841. The normalized spacial score (nSPS) is 14.9. The maximum Gasteiger partial charge on any atom is 0.223 e. The Labute approximate surface area is 171 Å². The van der Waals surface area contributed by atoms with Crippen molar-refractivity contribution in [1.82, 2.24) is 4.90 Å². The number of rotatable bonds is 8.